The number of likely N-dealkylation sites (N-methyl/N-ethyl adjacent to an activating group) is 1. The molecule has 10 heteroatoms. The van der Waals surface area contributed by atoms with Crippen LogP contribution in [-0.2, 0) is 23.0 Å². The Bertz CT molecular complexity index is 1600. The van der Waals surface area contributed by atoms with E-state index in [0.717, 1.165) is 28.9 Å². The minimum atomic E-state index is -3.70. The second-order valence-electron chi connectivity index (χ2n) is 9.67. The fraction of sp³-hybridized carbons (Fsp3) is 0.333. The molecule has 1 amide bonds. The third-order valence-electron chi connectivity index (χ3n) is 7.44. The van der Waals surface area contributed by atoms with Gasteiger partial charge in [-0.05, 0) is 67.0 Å². The number of anilines is 1. The Hall–Kier alpha value is -3.31. The summed E-state index contributed by atoms with van der Waals surface area (Å²) in [6.07, 6.45) is 0.681. The van der Waals surface area contributed by atoms with Gasteiger partial charge in [0.15, 0.2) is 5.13 Å². The Kier molecular flexibility index (Phi) is 8.51. The molecule has 1 aliphatic heterocycles. The Morgan fingerprint density at radius 2 is 1.70 bits per heavy atom. The lowest BCUT2D eigenvalue weighted by atomic mass is 10.0. The van der Waals surface area contributed by atoms with Gasteiger partial charge >= 0.3 is 0 Å². The number of thiazole rings is 1. The minimum absolute atomic E-state index is 0.183. The Morgan fingerprint density at radius 1 is 0.975 bits per heavy atom. The number of hydrogen-bond donors (Lipinski definition) is 0. The molecule has 4 aromatic rings. The SMILES string of the molecule is CCN(CC)CCN(C(=O)c1ccc(S(=O)(=O)N2CCc3ccccc3C2)cc1)c1nc2c(OC)cccc2s1. The van der Waals surface area contributed by atoms with Crippen molar-refractivity contribution in [2.45, 2.75) is 31.7 Å². The average molecular weight is 579 g/mol. The molecule has 0 spiro atoms. The summed E-state index contributed by atoms with van der Waals surface area (Å²) >= 11 is 1.44. The van der Waals surface area contributed by atoms with Crippen LogP contribution >= 0.6 is 11.3 Å². The highest BCUT2D eigenvalue weighted by Crippen LogP contribution is 2.35. The highest BCUT2D eigenvalue weighted by molar-refractivity contribution is 7.89. The number of amides is 1. The summed E-state index contributed by atoms with van der Waals surface area (Å²) in [7, 11) is -2.09. The van der Waals surface area contributed by atoms with E-state index < -0.39 is 10.0 Å². The molecule has 0 fully saturated rings. The first-order chi connectivity index (χ1) is 19.3. The molecule has 0 radical (unpaired) electrons. The van der Waals surface area contributed by atoms with Gasteiger partial charge in [-0.15, -0.1) is 0 Å². The number of ether oxygens (including phenoxy) is 1. The van der Waals surface area contributed by atoms with Crippen LogP contribution in [0.3, 0.4) is 0 Å². The molecule has 0 N–H and O–H groups in total. The second-order valence-corrected chi connectivity index (χ2v) is 12.6. The van der Waals surface area contributed by atoms with E-state index in [1.54, 1.807) is 24.1 Å². The maximum absolute atomic E-state index is 13.8. The monoisotopic (exact) mass is 578 g/mol. The van der Waals surface area contributed by atoms with Gasteiger partial charge in [0, 0.05) is 31.7 Å². The number of fused-ring (bicyclic) bond motifs is 2. The van der Waals surface area contributed by atoms with E-state index in [2.05, 4.69) is 18.7 Å². The van der Waals surface area contributed by atoms with Crippen LogP contribution in [0.15, 0.2) is 71.6 Å². The van der Waals surface area contributed by atoms with Crippen LogP contribution in [-0.4, -0.2) is 68.3 Å². The number of hydrogen-bond acceptors (Lipinski definition) is 7. The predicted octanol–water partition coefficient (Wildman–Crippen LogP) is 5.04. The number of rotatable bonds is 10. The van der Waals surface area contributed by atoms with Crippen molar-refractivity contribution in [3.05, 3.63) is 83.4 Å². The van der Waals surface area contributed by atoms with Crippen molar-refractivity contribution in [3.8, 4) is 5.75 Å². The normalized spacial score (nSPS) is 13.9. The molecule has 1 aromatic heterocycles. The molecule has 3 aromatic carbocycles. The average Bonchev–Trinajstić information content (AvgIpc) is 3.43. The van der Waals surface area contributed by atoms with Crippen LogP contribution in [0.5, 0.6) is 5.75 Å². The number of sulfonamides is 1. The minimum Gasteiger partial charge on any atom is -0.494 e. The number of para-hydroxylation sites is 1. The summed E-state index contributed by atoms with van der Waals surface area (Å²) in [5, 5.41) is 0.584. The molecule has 0 bridgehead atoms. The third-order valence-corrected chi connectivity index (χ3v) is 10.3. The van der Waals surface area contributed by atoms with Gasteiger partial charge in [-0.25, -0.2) is 13.4 Å². The van der Waals surface area contributed by atoms with Crippen molar-refractivity contribution < 1.29 is 17.9 Å². The van der Waals surface area contributed by atoms with Crippen molar-refractivity contribution in [2.24, 2.45) is 0 Å². The zero-order valence-electron chi connectivity index (χ0n) is 23.0. The molecule has 5 rings (SSSR count). The zero-order chi connectivity index (χ0) is 28.3. The summed E-state index contributed by atoms with van der Waals surface area (Å²) in [4.78, 5) is 22.7. The van der Waals surface area contributed by atoms with Crippen molar-refractivity contribution in [2.75, 3.05) is 44.7 Å². The molecule has 0 aliphatic carbocycles. The van der Waals surface area contributed by atoms with E-state index in [1.807, 2.05) is 42.5 Å². The molecule has 0 saturated carbocycles. The second kappa shape index (κ2) is 12.1. The number of benzene rings is 3. The van der Waals surface area contributed by atoms with Crippen LogP contribution in [0, 0.1) is 0 Å². The third kappa shape index (κ3) is 5.62. The van der Waals surface area contributed by atoms with Crippen molar-refractivity contribution in [1.82, 2.24) is 14.2 Å². The molecule has 0 saturated heterocycles. The fourth-order valence-electron chi connectivity index (χ4n) is 5.01. The van der Waals surface area contributed by atoms with E-state index >= 15 is 0 Å². The Labute approximate surface area is 239 Å². The molecule has 1 aliphatic rings. The number of carbonyl (C=O) groups is 1. The van der Waals surface area contributed by atoms with Gasteiger partial charge in [0.05, 0.1) is 16.7 Å². The summed E-state index contributed by atoms with van der Waals surface area (Å²) in [6, 6.07) is 19.9. The van der Waals surface area contributed by atoms with Crippen LogP contribution in [0.2, 0.25) is 0 Å². The van der Waals surface area contributed by atoms with E-state index in [1.165, 1.54) is 33.3 Å². The molecular formula is C30H34N4O4S2. The van der Waals surface area contributed by atoms with Gasteiger partial charge in [-0.2, -0.15) is 4.31 Å². The van der Waals surface area contributed by atoms with Gasteiger partial charge in [-0.1, -0.05) is 55.5 Å². The summed E-state index contributed by atoms with van der Waals surface area (Å²) < 4.78 is 34.8. The van der Waals surface area contributed by atoms with Gasteiger partial charge in [0.25, 0.3) is 5.91 Å². The van der Waals surface area contributed by atoms with Gasteiger partial charge in [0.2, 0.25) is 10.0 Å². The number of nitrogens with zero attached hydrogens (tertiary/aromatic N) is 4. The van der Waals surface area contributed by atoms with Gasteiger partial charge in [0.1, 0.15) is 11.3 Å². The quantitative estimate of drug-likeness (QED) is 0.262. The highest BCUT2D eigenvalue weighted by atomic mass is 32.2. The molecule has 40 heavy (non-hydrogen) atoms. The fourth-order valence-corrected chi connectivity index (χ4v) is 7.43. The first kappa shape index (κ1) is 28.2. The lowest BCUT2D eigenvalue weighted by Crippen LogP contribution is -2.39. The van der Waals surface area contributed by atoms with Crippen LogP contribution in [0.1, 0.15) is 35.3 Å². The van der Waals surface area contributed by atoms with Crippen LogP contribution in [0.25, 0.3) is 10.2 Å². The summed E-state index contributed by atoms with van der Waals surface area (Å²) in [5.41, 5.74) is 3.34. The summed E-state index contributed by atoms with van der Waals surface area (Å²) in [6.45, 7) is 7.86. The molecule has 210 valence electrons. The van der Waals surface area contributed by atoms with Gasteiger partial charge in [-0.3, -0.25) is 9.69 Å². The maximum atomic E-state index is 13.8. The molecule has 8 nitrogen and oxygen atoms in total. The highest BCUT2D eigenvalue weighted by Gasteiger charge is 2.29. The Balaban J connectivity index is 1.41. The smallest absolute Gasteiger partial charge is 0.260 e. The molecule has 0 atom stereocenters. The van der Waals surface area contributed by atoms with Crippen LogP contribution in [0.4, 0.5) is 5.13 Å². The molecule has 2 heterocycles. The maximum Gasteiger partial charge on any atom is 0.260 e. The molecule has 0 unspecified atom stereocenters. The topological polar surface area (TPSA) is 83.1 Å². The first-order valence-electron chi connectivity index (χ1n) is 13.5. The summed E-state index contributed by atoms with van der Waals surface area (Å²) in [5.74, 6) is 0.437. The Morgan fingerprint density at radius 3 is 2.40 bits per heavy atom. The lowest BCUT2D eigenvalue weighted by Gasteiger charge is -2.28. The van der Waals surface area contributed by atoms with Crippen molar-refractivity contribution >= 4 is 42.6 Å². The van der Waals surface area contributed by atoms with Crippen molar-refractivity contribution in [1.29, 1.82) is 0 Å². The van der Waals surface area contributed by atoms with E-state index in [0.29, 0.717) is 49.0 Å². The van der Waals surface area contributed by atoms with Gasteiger partial charge < -0.3 is 9.64 Å². The number of carbonyl (C=O) groups excluding carboxylic acids is 1. The zero-order valence-corrected chi connectivity index (χ0v) is 24.7. The first-order valence-corrected chi connectivity index (χ1v) is 15.8. The standard InChI is InChI=1S/C30H34N4O4S2/c1-4-32(5-2)19-20-34(30-31-28-26(38-3)11-8-12-27(28)39-30)29(35)23-13-15-25(16-14-23)40(36,37)33-18-17-22-9-6-7-10-24(22)21-33/h6-16H,4-5,17-21H2,1-3H3. The van der Waals surface area contributed by atoms with E-state index in [9.17, 15) is 13.2 Å². The number of aromatic nitrogens is 1. The van der Waals surface area contributed by atoms with Crippen molar-refractivity contribution in [3.63, 3.8) is 0 Å². The van der Waals surface area contributed by atoms with Crippen LogP contribution < -0.4 is 9.64 Å². The lowest BCUT2D eigenvalue weighted by molar-refractivity contribution is 0.0983. The largest absolute Gasteiger partial charge is 0.494 e. The van der Waals surface area contributed by atoms with E-state index in [-0.39, 0.29) is 10.8 Å². The predicted molar refractivity (Wildman–Crippen MR) is 160 cm³/mol. The number of methoxy groups -OCH3 is 1. The molecular weight excluding hydrogens is 544 g/mol. The van der Waals surface area contributed by atoms with E-state index in [4.69, 9.17) is 9.72 Å².